The van der Waals surface area contributed by atoms with Gasteiger partial charge in [0.1, 0.15) is 9.84 Å². The van der Waals surface area contributed by atoms with Gasteiger partial charge in [-0.1, -0.05) is 6.07 Å². The van der Waals surface area contributed by atoms with Crippen molar-refractivity contribution in [3.63, 3.8) is 0 Å². The van der Waals surface area contributed by atoms with Crippen LogP contribution < -0.4 is 10.5 Å². The van der Waals surface area contributed by atoms with Gasteiger partial charge >= 0.3 is 0 Å². The van der Waals surface area contributed by atoms with Crippen LogP contribution in [0.3, 0.4) is 0 Å². The van der Waals surface area contributed by atoms with Gasteiger partial charge in [0, 0.05) is 18.5 Å². The van der Waals surface area contributed by atoms with Gasteiger partial charge in [0.15, 0.2) is 0 Å². The van der Waals surface area contributed by atoms with Gasteiger partial charge in [-0.3, -0.25) is 0 Å². The molecule has 0 saturated heterocycles. The summed E-state index contributed by atoms with van der Waals surface area (Å²) >= 11 is 0. The third-order valence-electron chi connectivity index (χ3n) is 1.93. The van der Waals surface area contributed by atoms with Crippen molar-refractivity contribution in [2.24, 2.45) is 0 Å². The summed E-state index contributed by atoms with van der Waals surface area (Å²) in [5, 5.41) is 0. The minimum absolute atomic E-state index is 0.0194. The lowest BCUT2D eigenvalue weighted by molar-refractivity contribution is 0.582. The zero-order chi connectivity index (χ0) is 13.1. The molecule has 0 unspecified atom stereocenters. The molecule has 0 spiro atoms. The standard InChI is InChI=1S/C9H14N2O4S2/c1-16(12,13)6-5-11-17(14,15)9-4-2-3-8(10)7-9/h2-4,7,11H,5-6,10H2,1H3. The molecule has 0 heterocycles. The van der Waals surface area contributed by atoms with E-state index in [0.717, 1.165) is 6.26 Å². The van der Waals surface area contributed by atoms with Crippen LogP contribution in [-0.2, 0) is 19.9 Å². The lowest BCUT2D eigenvalue weighted by Crippen LogP contribution is -2.28. The van der Waals surface area contributed by atoms with E-state index in [1.54, 1.807) is 6.07 Å². The summed E-state index contributed by atoms with van der Waals surface area (Å²) in [5.74, 6) is -0.242. The highest BCUT2D eigenvalue weighted by Crippen LogP contribution is 2.12. The predicted molar refractivity (Wildman–Crippen MR) is 65.8 cm³/mol. The summed E-state index contributed by atoms with van der Waals surface area (Å²) in [5.41, 5.74) is 5.79. The predicted octanol–water partition coefficient (Wildman–Crippen LogP) is -0.408. The van der Waals surface area contributed by atoms with E-state index in [-0.39, 0.29) is 17.2 Å². The van der Waals surface area contributed by atoms with E-state index in [1.807, 2.05) is 0 Å². The first-order chi connectivity index (χ1) is 7.71. The molecule has 0 aliphatic heterocycles. The summed E-state index contributed by atoms with van der Waals surface area (Å²) < 4.78 is 47.3. The van der Waals surface area contributed by atoms with Crippen molar-refractivity contribution in [2.45, 2.75) is 4.90 Å². The summed E-state index contributed by atoms with van der Waals surface area (Å²) in [4.78, 5) is 0.0194. The van der Waals surface area contributed by atoms with Gasteiger partial charge < -0.3 is 5.73 Å². The lowest BCUT2D eigenvalue weighted by Gasteiger charge is -2.06. The van der Waals surface area contributed by atoms with E-state index < -0.39 is 19.9 Å². The van der Waals surface area contributed by atoms with E-state index in [1.165, 1.54) is 18.2 Å². The number of hydrogen-bond acceptors (Lipinski definition) is 5. The van der Waals surface area contributed by atoms with Crippen LogP contribution in [0.15, 0.2) is 29.2 Å². The second kappa shape index (κ2) is 5.03. The molecule has 1 rings (SSSR count). The number of nitrogens with one attached hydrogen (secondary N) is 1. The number of nitrogen functional groups attached to an aromatic ring is 1. The maximum atomic E-state index is 11.7. The summed E-state index contributed by atoms with van der Waals surface area (Å²) in [6.07, 6.45) is 1.04. The third-order valence-corrected chi connectivity index (χ3v) is 4.34. The average molecular weight is 278 g/mol. The Balaban J connectivity index is 2.77. The summed E-state index contributed by atoms with van der Waals surface area (Å²) in [6, 6.07) is 5.78. The second-order valence-corrected chi connectivity index (χ2v) is 7.63. The molecule has 0 aliphatic rings. The molecule has 17 heavy (non-hydrogen) atoms. The van der Waals surface area contributed by atoms with Gasteiger partial charge in [-0.05, 0) is 18.2 Å². The first kappa shape index (κ1) is 13.9. The number of sulfonamides is 1. The van der Waals surface area contributed by atoms with Crippen LogP contribution in [0.25, 0.3) is 0 Å². The molecule has 3 N–H and O–H groups in total. The largest absolute Gasteiger partial charge is 0.399 e. The fraction of sp³-hybridized carbons (Fsp3) is 0.333. The van der Waals surface area contributed by atoms with Crippen LogP contribution in [0.1, 0.15) is 0 Å². The third kappa shape index (κ3) is 4.72. The van der Waals surface area contributed by atoms with Crippen LogP contribution in [0.4, 0.5) is 5.69 Å². The number of sulfone groups is 1. The van der Waals surface area contributed by atoms with E-state index >= 15 is 0 Å². The van der Waals surface area contributed by atoms with Crippen molar-refractivity contribution in [3.05, 3.63) is 24.3 Å². The van der Waals surface area contributed by atoms with Crippen molar-refractivity contribution in [1.29, 1.82) is 0 Å². The van der Waals surface area contributed by atoms with E-state index in [4.69, 9.17) is 5.73 Å². The Bertz CT molecular complexity index is 593. The van der Waals surface area contributed by atoms with Crippen molar-refractivity contribution in [3.8, 4) is 0 Å². The number of benzene rings is 1. The Morgan fingerprint density at radius 1 is 1.24 bits per heavy atom. The molecule has 0 fully saturated rings. The average Bonchev–Trinajstić information content (AvgIpc) is 2.15. The Morgan fingerprint density at radius 3 is 2.41 bits per heavy atom. The number of anilines is 1. The normalized spacial score (nSPS) is 12.5. The molecule has 6 nitrogen and oxygen atoms in total. The van der Waals surface area contributed by atoms with Crippen LogP contribution >= 0.6 is 0 Å². The monoisotopic (exact) mass is 278 g/mol. The minimum Gasteiger partial charge on any atom is -0.399 e. The van der Waals surface area contributed by atoms with Crippen LogP contribution in [0, 0.1) is 0 Å². The van der Waals surface area contributed by atoms with Crippen molar-refractivity contribution < 1.29 is 16.8 Å². The summed E-state index contributed by atoms with van der Waals surface area (Å²) in [7, 11) is -6.89. The molecule has 0 radical (unpaired) electrons. The second-order valence-electron chi connectivity index (χ2n) is 3.60. The molecular formula is C9H14N2O4S2. The van der Waals surface area contributed by atoms with Gasteiger partial charge in [-0.25, -0.2) is 21.6 Å². The van der Waals surface area contributed by atoms with Gasteiger partial charge in [-0.15, -0.1) is 0 Å². The van der Waals surface area contributed by atoms with Crippen molar-refractivity contribution >= 4 is 25.5 Å². The lowest BCUT2D eigenvalue weighted by atomic mass is 10.3. The number of rotatable bonds is 5. The first-order valence-corrected chi connectivity index (χ1v) is 8.28. The molecule has 1 aromatic carbocycles. The highest BCUT2D eigenvalue weighted by Gasteiger charge is 2.14. The van der Waals surface area contributed by atoms with E-state index in [9.17, 15) is 16.8 Å². The zero-order valence-corrected chi connectivity index (χ0v) is 10.9. The fourth-order valence-corrected chi connectivity index (χ4v) is 2.81. The molecule has 1 aromatic rings. The van der Waals surface area contributed by atoms with Gasteiger partial charge in [-0.2, -0.15) is 0 Å². The Labute approximate surface area is 101 Å². The maximum Gasteiger partial charge on any atom is 0.240 e. The van der Waals surface area contributed by atoms with E-state index in [0.29, 0.717) is 5.69 Å². The number of nitrogens with two attached hydrogens (primary N) is 1. The fourth-order valence-electron chi connectivity index (χ4n) is 1.13. The Hall–Kier alpha value is -1.12. The molecule has 8 heteroatoms. The van der Waals surface area contributed by atoms with Crippen LogP contribution in [0.5, 0.6) is 0 Å². The maximum absolute atomic E-state index is 11.7. The molecule has 0 aliphatic carbocycles. The topological polar surface area (TPSA) is 106 Å². The minimum atomic E-state index is -3.70. The van der Waals surface area contributed by atoms with Gasteiger partial charge in [0.25, 0.3) is 0 Å². The van der Waals surface area contributed by atoms with E-state index in [2.05, 4.69) is 4.72 Å². The van der Waals surface area contributed by atoms with Crippen LogP contribution in [0.2, 0.25) is 0 Å². The van der Waals surface area contributed by atoms with Crippen molar-refractivity contribution in [1.82, 2.24) is 4.72 Å². The summed E-state index contributed by atoms with van der Waals surface area (Å²) in [6.45, 7) is -0.157. The quantitative estimate of drug-likeness (QED) is 0.712. The molecule has 96 valence electrons. The molecule has 0 atom stereocenters. The highest BCUT2D eigenvalue weighted by molar-refractivity contribution is 7.91. The molecule has 0 aromatic heterocycles. The zero-order valence-electron chi connectivity index (χ0n) is 9.25. The van der Waals surface area contributed by atoms with Gasteiger partial charge in [0.05, 0.1) is 10.6 Å². The van der Waals surface area contributed by atoms with Gasteiger partial charge in [0.2, 0.25) is 10.0 Å². The SMILES string of the molecule is CS(=O)(=O)CCNS(=O)(=O)c1cccc(N)c1. The molecule has 0 amide bonds. The molecule has 0 bridgehead atoms. The first-order valence-electron chi connectivity index (χ1n) is 4.74. The Morgan fingerprint density at radius 2 is 1.88 bits per heavy atom. The Kier molecular flexibility index (Phi) is 4.12. The molecular weight excluding hydrogens is 264 g/mol. The highest BCUT2D eigenvalue weighted by atomic mass is 32.2. The molecule has 0 saturated carbocycles. The number of hydrogen-bond donors (Lipinski definition) is 2. The van der Waals surface area contributed by atoms with Crippen LogP contribution in [-0.4, -0.2) is 35.4 Å². The smallest absolute Gasteiger partial charge is 0.240 e. The van der Waals surface area contributed by atoms with Crippen molar-refractivity contribution in [2.75, 3.05) is 24.3 Å².